The van der Waals surface area contributed by atoms with E-state index in [1.54, 1.807) is 0 Å². The molecule has 7 heteroatoms. The van der Waals surface area contributed by atoms with Gasteiger partial charge in [0.2, 0.25) is 0 Å². The van der Waals surface area contributed by atoms with Crippen LogP contribution in [0.4, 0.5) is 0 Å². The summed E-state index contributed by atoms with van der Waals surface area (Å²) < 4.78 is 15.1. The summed E-state index contributed by atoms with van der Waals surface area (Å²) >= 11 is 0. The molecule has 0 bridgehead atoms. The third-order valence-electron chi connectivity index (χ3n) is 3.05. The van der Waals surface area contributed by atoms with Crippen LogP contribution in [0.25, 0.3) is 0 Å². The zero-order chi connectivity index (χ0) is 15.3. The van der Waals surface area contributed by atoms with Gasteiger partial charge in [0.15, 0.2) is 0 Å². The Balaban J connectivity index is 2.73. The maximum atomic E-state index is 11.1. The van der Waals surface area contributed by atoms with Gasteiger partial charge in [-0.15, -0.1) is 0 Å². The van der Waals surface area contributed by atoms with Crippen molar-refractivity contribution in [1.82, 2.24) is 0 Å². The molecule has 1 saturated carbocycles. The number of carbonyl (C=O) groups is 3. The van der Waals surface area contributed by atoms with Crippen LogP contribution in [0.2, 0.25) is 0 Å². The van der Waals surface area contributed by atoms with Crippen LogP contribution in [-0.2, 0) is 28.6 Å². The second kappa shape index (κ2) is 7.23. The minimum atomic E-state index is -0.961. The average molecular weight is 288 g/mol. The van der Waals surface area contributed by atoms with Gasteiger partial charge in [0.05, 0.1) is 12.7 Å². The lowest BCUT2D eigenvalue weighted by molar-refractivity contribution is -0.178. The molecular formula is C13H20O7. The fraction of sp³-hybridized carbons (Fsp3) is 0.769. The van der Waals surface area contributed by atoms with Crippen molar-refractivity contribution in [3.05, 3.63) is 0 Å². The molecular weight excluding hydrogens is 268 g/mol. The minimum Gasteiger partial charge on any atom is -0.465 e. The highest BCUT2D eigenvalue weighted by Crippen LogP contribution is 2.30. The molecule has 4 atom stereocenters. The van der Waals surface area contributed by atoms with Gasteiger partial charge in [0, 0.05) is 33.1 Å². The van der Waals surface area contributed by atoms with Crippen LogP contribution in [0.3, 0.4) is 0 Å². The molecule has 1 rings (SSSR count). The summed E-state index contributed by atoms with van der Waals surface area (Å²) in [7, 11) is 0. The standard InChI is InChI=1S/C13H20O7/c1-7(14)18-6-10-4-11(19-8(2)15)5-12(17)13(10)20-9(3)16/h10-13,17H,4-6H2,1-3H3/t10?,11-,12-,13-/m1/s1. The van der Waals surface area contributed by atoms with Gasteiger partial charge in [-0.2, -0.15) is 0 Å². The summed E-state index contributed by atoms with van der Waals surface area (Å²) in [6.07, 6.45) is -1.65. The van der Waals surface area contributed by atoms with Gasteiger partial charge >= 0.3 is 17.9 Å². The molecule has 0 amide bonds. The summed E-state index contributed by atoms with van der Waals surface area (Å²) in [5.41, 5.74) is 0. The van der Waals surface area contributed by atoms with E-state index in [1.807, 2.05) is 0 Å². The smallest absolute Gasteiger partial charge is 0.303 e. The molecule has 1 aliphatic rings. The summed E-state index contributed by atoms with van der Waals surface area (Å²) in [6, 6.07) is 0. The molecule has 0 aromatic carbocycles. The van der Waals surface area contributed by atoms with E-state index in [1.165, 1.54) is 20.8 Å². The van der Waals surface area contributed by atoms with E-state index in [2.05, 4.69) is 0 Å². The van der Waals surface area contributed by atoms with Gasteiger partial charge in [-0.05, 0) is 6.42 Å². The van der Waals surface area contributed by atoms with Gasteiger partial charge in [0.25, 0.3) is 0 Å². The van der Waals surface area contributed by atoms with Crippen molar-refractivity contribution in [2.24, 2.45) is 5.92 Å². The highest BCUT2D eigenvalue weighted by molar-refractivity contribution is 5.67. The molecule has 0 aliphatic heterocycles. The van der Waals surface area contributed by atoms with Crippen LogP contribution in [-0.4, -0.2) is 47.9 Å². The van der Waals surface area contributed by atoms with Crippen LogP contribution in [0.15, 0.2) is 0 Å². The van der Waals surface area contributed by atoms with E-state index in [0.717, 1.165) is 0 Å². The SMILES string of the molecule is CC(=O)OCC1C[C@@H](OC(C)=O)C[C@@H](O)[C@@H]1OC(C)=O. The van der Waals surface area contributed by atoms with E-state index in [9.17, 15) is 19.5 Å². The Kier molecular flexibility index (Phi) is 5.94. The molecule has 0 aromatic rings. The first-order chi connectivity index (χ1) is 9.29. The Labute approximate surface area is 117 Å². The fourth-order valence-electron chi connectivity index (χ4n) is 2.37. The molecule has 0 saturated heterocycles. The topological polar surface area (TPSA) is 99.1 Å². The molecule has 1 unspecified atom stereocenters. The van der Waals surface area contributed by atoms with Crippen molar-refractivity contribution in [3.8, 4) is 0 Å². The summed E-state index contributed by atoms with van der Waals surface area (Å²) in [5.74, 6) is -1.83. The van der Waals surface area contributed by atoms with Crippen LogP contribution >= 0.6 is 0 Å². The Morgan fingerprint density at radius 2 is 1.60 bits per heavy atom. The van der Waals surface area contributed by atoms with E-state index >= 15 is 0 Å². The highest BCUT2D eigenvalue weighted by atomic mass is 16.6. The normalized spacial score (nSPS) is 29.4. The number of aliphatic hydroxyl groups is 1. The summed E-state index contributed by atoms with van der Waals surface area (Å²) in [4.78, 5) is 32.9. The van der Waals surface area contributed by atoms with Gasteiger partial charge in [-0.3, -0.25) is 14.4 Å². The van der Waals surface area contributed by atoms with Crippen LogP contribution in [0.5, 0.6) is 0 Å². The Morgan fingerprint density at radius 3 is 2.10 bits per heavy atom. The van der Waals surface area contributed by atoms with Gasteiger partial charge in [-0.1, -0.05) is 0 Å². The van der Waals surface area contributed by atoms with Gasteiger partial charge < -0.3 is 19.3 Å². The molecule has 0 spiro atoms. The van der Waals surface area contributed by atoms with E-state index in [-0.39, 0.29) is 13.0 Å². The van der Waals surface area contributed by atoms with Crippen molar-refractivity contribution >= 4 is 17.9 Å². The lowest BCUT2D eigenvalue weighted by atomic mass is 9.83. The third-order valence-corrected chi connectivity index (χ3v) is 3.05. The second-order valence-corrected chi connectivity index (χ2v) is 4.91. The third kappa shape index (κ3) is 5.16. The zero-order valence-electron chi connectivity index (χ0n) is 11.8. The number of esters is 3. The Hall–Kier alpha value is -1.63. The molecule has 7 nitrogen and oxygen atoms in total. The molecule has 1 N–H and O–H groups in total. The number of carbonyl (C=O) groups excluding carboxylic acids is 3. The Bertz CT molecular complexity index is 379. The molecule has 114 valence electrons. The predicted octanol–water partition coefficient (Wildman–Crippen LogP) is 0.184. The molecule has 0 heterocycles. The number of aliphatic hydroxyl groups excluding tert-OH is 1. The lowest BCUT2D eigenvalue weighted by Gasteiger charge is -2.37. The second-order valence-electron chi connectivity index (χ2n) is 4.91. The summed E-state index contributed by atoms with van der Waals surface area (Å²) in [6.45, 7) is 3.80. The van der Waals surface area contributed by atoms with Crippen LogP contribution in [0.1, 0.15) is 33.6 Å². The van der Waals surface area contributed by atoms with Gasteiger partial charge in [0.1, 0.15) is 12.2 Å². The largest absolute Gasteiger partial charge is 0.465 e. The zero-order valence-corrected chi connectivity index (χ0v) is 11.8. The van der Waals surface area contributed by atoms with Crippen LogP contribution < -0.4 is 0 Å². The lowest BCUT2D eigenvalue weighted by Crippen LogP contribution is -2.48. The average Bonchev–Trinajstić information content (AvgIpc) is 2.29. The van der Waals surface area contributed by atoms with Crippen molar-refractivity contribution in [3.63, 3.8) is 0 Å². The maximum Gasteiger partial charge on any atom is 0.303 e. The number of ether oxygens (including phenoxy) is 3. The minimum absolute atomic E-state index is 0.00209. The van der Waals surface area contributed by atoms with Crippen LogP contribution in [0, 0.1) is 5.92 Å². The quantitative estimate of drug-likeness (QED) is 0.582. The fourth-order valence-corrected chi connectivity index (χ4v) is 2.37. The van der Waals surface area contributed by atoms with Crippen molar-refractivity contribution in [2.45, 2.75) is 51.9 Å². The monoisotopic (exact) mass is 288 g/mol. The Morgan fingerprint density at radius 1 is 1.00 bits per heavy atom. The number of rotatable bonds is 4. The first-order valence-corrected chi connectivity index (χ1v) is 6.45. The molecule has 20 heavy (non-hydrogen) atoms. The molecule has 1 fully saturated rings. The summed E-state index contributed by atoms with van der Waals surface area (Å²) in [5, 5.41) is 10.0. The first-order valence-electron chi connectivity index (χ1n) is 6.45. The van der Waals surface area contributed by atoms with Crippen molar-refractivity contribution in [2.75, 3.05) is 6.61 Å². The molecule has 1 aliphatic carbocycles. The van der Waals surface area contributed by atoms with E-state index in [4.69, 9.17) is 14.2 Å². The predicted molar refractivity (Wildman–Crippen MR) is 66.5 cm³/mol. The first kappa shape index (κ1) is 16.4. The van der Waals surface area contributed by atoms with Crippen molar-refractivity contribution in [1.29, 1.82) is 0 Å². The molecule has 0 radical (unpaired) electrons. The van der Waals surface area contributed by atoms with Crippen molar-refractivity contribution < 1.29 is 33.7 Å². The number of hydrogen-bond donors (Lipinski definition) is 1. The highest BCUT2D eigenvalue weighted by Gasteiger charge is 2.41. The van der Waals surface area contributed by atoms with E-state index < -0.39 is 42.1 Å². The molecule has 0 aromatic heterocycles. The maximum absolute atomic E-state index is 11.1. The number of hydrogen-bond acceptors (Lipinski definition) is 7. The van der Waals surface area contributed by atoms with Gasteiger partial charge in [-0.25, -0.2) is 0 Å². The van der Waals surface area contributed by atoms with E-state index in [0.29, 0.717) is 6.42 Å².